The van der Waals surface area contributed by atoms with Crippen LogP contribution >= 0.6 is 0 Å². The third-order valence-electron chi connectivity index (χ3n) is 4.87. The van der Waals surface area contributed by atoms with Gasteiger partial charge in [0.1, 0.15) is 0 Å². The molecule has 5 heteroatoms. The first-order valence-corrected chi connectivity index (χ1v) is 8.61. The van der Waals surface area contributed by atoms with E-state index in [1.54, 1.807) is 6.07 Å². The summed E-state index contributed by atoms with van der Waals surface area (Å²) in [6.07, 6.45) is 2.00. The van der Waals surface area contributed by atoms with Crippen molar-refractivity contribution in [3.8, 4) is 5.75 Å². The number of amides is 1. The molecule has 0 aromatic heterocycles. The fourth-order valence-electron chi connectivity index (χ4n) is 3.38. The van der Waals surface area contributed by atoms with Crippen LogP contribution in [0, 0.1) is 5.82 Å². The zero-order valence-electron chi connectivity index (χ0n) is 14.1. The van der Waals surface area contributed by atoms with E-state index < -0.39 is 11.6 Å². The number of carbonyl (C=O) groups is 1. The number of phenolic OH excluding ortho intramolecular Hbond substituents is 1. The van der Waals surface area contributed by atoms with Crippen LogP contribution in [0.2, 0.25) is 0 Å². The van der Waals surface area contributed by atoms with Crippen LogP contribution in [0.25, 0.3) is 0 Å². The molecule has 2 aromatic rings. The summed E-state index contributed by atoms with van der Waals surface area (Å²) >= 11 is 0. The Balaban J connectivity index is 1.57. The smallest absolute Gasteiger partial charge is 0.226 e. The van der Waals surface area contributed by atoms with Gasteiger partial charge in [0.25, 0.3) is 0 Å². The van der Waals surface area contributed by atoms with Crippen LogP contribution in [-0.2, 0) is 17.8 Å². The standard InChI is InChI=1S/C20H23FN2O2/c21-18-11-14(4-5-19(18)24)12-20(25)23-8-6-16(7-9-23)17-3-1-2-15(10-17)13-22/h1-5,10-11,16,24H,6-9,12-13,22H2. The molecule has 0 spiro atoms. The highest BCUT2D eigenvalue weighted by Gasteiger charge is 2.24. The van der Waals surface area contributed by atoms with Gasteiger partial charge in [-0.15, -0.1) is 0 Å². The molecule has 1 aliphatic heterocycles. The molecule has 1 aliphatic rings. The summed E-state index contributed by atoms with van der Waals surface area (Å²) in [4.78, 5) is 14.3. The van der Waals surface area contributed by atoms with E-state index in [0.29, 0.717) is 31.1 Å². The molecule has 0 atom stereocenters. The lowest BCUT2D eigenvalue weighted by atomic mass is 9.88. The molecule has 0 saturated carbocycles. The van der Waals surface area contributed by atoms with Crippen LogP contribution in [0.3, 0.4) is 0 Å². The van der Waals surface area contributed by atoms with Gasteiger partial charge in [0.2, 0.25) is 5.91 Å². The average molecular weight is 342 g/mol. The number of piperidine rings is 1. The molecule has 1 saturated heterocycles. The van der Waals surface area contributed by atoms with Crippen molar-refractivity contribution in [1.29, 1.82) is 0 Å². The van der Waals surface area contributed by atoms with E-state index in [0.717, 1.165) is 18.4 Å². The number of benzene rings is 2. The molecule has 25 heavy (non-hydrogen) atoms. The molecule has 132 valence electrons. The maximum Gasteiger partial charge on any atom is 0.226 e. The fraction of sp³-hybridized carbons (Fsp3) is 0.350. The van der Waals surface area contributed by atoms with E-state index in [9.17, 15) is 14.3 Å². The average Bonchev–Trinajstić information content (AvgIpc) is 2.65. The molecule has 0 bridgehead atoms. The van der Waals surface area contributed by atoms with Crippen molar-refractivity contribution in [2.75, 3.05) is 13.1 Å². The third kappa shape index (κ3) is 4.17. The third-order valence-corrected chi connectivity index (χ3v) is 4.87. The molecule has 0 radical (unpaired) electrons. The van der Waals surface area contributed by atoms with Crippen LogP contribution in [0.15, 0.2) is 42.5 Å². The molecule has 2 aromatic carbocycles. The van der Waals surface area contributed by atoms with Crippen molar-refractivity contribution in [3.05, 3.63) is 65.0 Å². The number of hydrogen-bond acceptors (Lipinski definition) is 3. The van der Waals surface area contributed by atoms with E-state index in [2.05, 4.69) is 12.1 Å². The Labute approximate surface area is 147 Å². The predicted octanol–water partition coefficient (Wildman–Crippen LogP) is 2.94. The van der Waals surface area contributed by atoms with Gasteiger partial charge in [-0.2, -0.15) is 0 Å². The van der Waals surface area contributed by atoms with E-state index in [1.807, 2.05) is 17.0 Å². The van der Waals surface area contributed by atoms with E-state index in [1.165, 1.54) is 17.7 Å². The topological polar surface area (TPSA) is 66.6 Å². The highest BCUT2D eigenvalue weighted by atomic mass is 19.1. The van der Waals surface area contributed by atoms with Gasteiger partial charge in [-0.05, 0) is 47.6 Å². The van der Waals surface area contributed by atoms with E-state index in [-0.39, 0.29) is 12.3 Å². The molecule has 0 unspecified atom stereocenters. The van der Waals surface area contributed by atoms with Crippen LogP contribution in [0.1, 0.15) is 35.4 Å². The molecule has 3 N–H and O–H groups in total. The molecule has 4 nitrogen and oxygen atoms in total. The van der Waals surface area contributed by atoms with Crippen LogP contribution in [-0.4, -0.2) is 29.0 Å². The Bertz CT molecular complexity index is 755. The van der Waals surface area contributed by atoms with Crippen LogP contribution in [0.5, 0.6) is 5.75 Å². The first kappa shape index (κ1) is 17.4. The summed E-state index contributed by atoms with van der Waals surface area (Å²) in [6.45, 7) is 1.95. The van der Waals surface area contributed by atoms with Crippen molar-refractivity contribution in [3.63, 3.8) is 0 Å². The zero-order chi connectivity index (χ0) is 17.8. The zero-order valence-corrected chi connectivity index (χ0v) is 14.1. The second-order valence-corrected chi connectivity index (χ2v) is 6.57. The largest absolute Gasteiger partial charge is 0.505 e. The Morgan fingerprint density at radius 3 is 2.60 bits per heavy atom. The quantitative estimate of drug-likeness (QED) is 0.898. The van der Waals surface area contributed by atoms with E-state index >= 15 is 0 Å². The monoisotopic (exact) mass is 342 g/mol. The summed E-state index contributed by atoms with van der Waals surface area (Å²) in [6, 6.07) is 12.4. The van der Waals surface area contributed by atoms with Crippen molar-refractivity contribution >= 4 is 5.91 Å². The molecule has 1 amide bonds. The fourth-order valence-corrected chi connectivity index (χ4v) is 3.38. The van der Waals surface area contributed by atoms with Gasteiger partial charge in [0.05, 0.1) is 6.42 Å². The predicted molar refractivity (Wildman–Crippen MR) is 94.7 cm³/mol. The number of hydrogen-bond donors (Lipinski definition) is 2. The maximum atomic E-state index is 13.4. The van der Waals surface area contributed by atoms with Gasteiger partial charge >= 0.3 is 0 Å². The summed E-state index contributed by atoms with van der Waals surface area (Å²) < 4.78 is 13.4. The first-order chi connectivity index (χ1) is 12.1. The molecule has 1 fully saturated rings. The summed E-state index contributed by atoms with van der Waals surface area (Å²) in [5.41, 5.74) is 8.71. The number of aromatic hydroxyl groups is 1. The van der Waals surface area contributed by atoms with Gasteiger partial charge in [0.15, 0.2) is 11.6 Å². The summed E-state index contributed by atoms with van der Waals surface area (Å²) in [7, 11) is 0. The molecule has 0 aliphatic carbocycles. The van der Waals surface area contributed by atoms with Crippen LogP contribution < -0.4 is 5.73 Å². The van der Waals surface area contributed by atoms with E-state index in [4.69, 9.17) is 5.73 Å². The van der Waals surface area contributed by atoms with Crippen LogP contribution in [0.4, 0.5) is 4.39 Å². The minimum atomic E-state index is -0.691. The van der Waals surface area contributed by atoms with Crippen molar-refractivity contribution in [2.24, 2.45) is 5.73 Å². The number of phenols is 1. The summed E-state index contributed by atoms with van der Waals surface area (Å²) in [5, 5.41) is 9.22. The second-order valence-electron chi connectivity index (χ2n) is 6.57. The van der Waals surface area contributed by atoms with Gasteiger partial charge in [-0.3, -0.25) is 4.79 Å². The SMILES string of the molecule is NCc1cccc(C2CCN(C(=O)Cc3ccc(O)c(F)c3)CC2)c1. The normalized spacial score (nSPS) is 15.4. The van der Waals surface area contributed by atoms with Crippen molar-refractivity contribution in [1.82, 2.24) is 4.90 Å². The number of rotatable bonds is 4. The minimum absolute atomic E-state index is 0.000696. The molecular weight excluding hydrogens is 319 g/mol. The maximum absolute atomic E-state index is 13.4. The second kappa shape index (κ2) is 7.66. The van der Waals surface area contributed by atoms with Gasteiger partial charge in [0, 0.05) is 19.6 Å². The Hall–Kier alpha value is -2.40. The highest BCUT2D eigenvalue weighted by Crippen LogP contribution is 2.29. The lowest BCUT2D eigenvalue weighted by Gasteiger charge is -2.32. The molecule has 1 heterocycles. The lowest BCUT2D eigenvalue weighted by molar-refractivity contribution is -0.131. The van der Waals surface area contributed by atoms with Gasteiger partial charge < -0.3 is 15.7 Å². The minimum Gasteiger partial charge on any atom is -0.505 e. The Kier molecular flexibility index (Phi) is 5.34. The van der Waals surface area contributed by atoms with Crippen molar-refractivity contribution < 1.29 is 14.3 Å². The number of carbonyl (C=O) groups excluding carboxylic acids is 1. The number of nitrogens with two attached hydrogens (primary N) is 1. The highest BCUT2D eigenvalue weighted by molar-refractivity contribution is 5.79. The molecular formula is C20H23FN2O2. The lowest BCUT2D eigenvalue weighted by Crippen LogP contribution is -2.38. The van der Waals surface area contributed by atoms with Gasteiger partial charge in [-0.1, -0.05) is 30.3 Å². The summed E-state index contributed by atoms with van der Waals surface area (Å²) in [5.74, 6) is -0.638. The molecule has 3 rings (SSSR count). The Morgan fingerprint density at radius 1 is 1.16 bits per heavy atom. The number of nitrogens with zero attached hydrogens (tertiary/aromatic N) is 1. The number of likely N-dealkylation sites (tertiary alicyclic amines) is 1. The number of halogens is 1. The first-order valence-electron chi connectivity index (χ1n) is 8.61. The van der Waals surface area contributed by atoms with Crippen molar-refractivity contribution in [2.45, 2.75) is 31.7 Å². The van der Waals surface area contributed by atoms with Gasteiger partial charge in [-0.25, -0.2) is 4.39 Å². The Morgan fingerprint density at radius 2 is 1.92 bits per heavy atom.